The van der Waals surface area contributed by atoms with Gasteiger partial charge in [0.15, 0.2) is 5.78 Å². The fraction of sp³-hybridized carbons (Fsp3) is 0.200. The van der Waals surface area contributed by atoms with Gasteiger partial charge in [-0.2, -0.15) is 5.26 Å². The van der Waals surface area contributed by atoms with Crippen LogP contribution in [0.3, 0.4) is 0 Å². The number of para-hydroxylation sites is 1. The maximum absolute atomic E-state index is 12.1. The average molecular weight is 318 g/mol. The Morgan fingerprint density at radius 2 is 1.88 bits per heavy atom. The number of anilines is 1. The Morgan fingerprint density at radius 1 is 1.12 bits per heavy atom. The lowest BCUT2D eigenvalue weighted by atomic mass is 9.85. The predicted molar refractivity (Wildman–Crippen MR) is 92.8 cm³/mol. The number of ketones is 1. The van der Waals surface area contributed by atoms with Crippen molar-refractivity contribution < 1.29 is 9.53 Å². The molecule has 0 fully saturated rings. The molecule has 0 unspecified atom stereocenters. The molecule has 2 aromatic carbocycles. The number of carbonyl (C=O) groups excluding carboxylic acids is 1. The van der Waals surface area contributed by atoms with Crippen LogP contribution in [0, 0.1) is 11.3 Å². The largest absolute Gasteiger partial charge is 0.497 e. The number of nitrogens with one attached hydrogen (secondary N) is 1. The van der Waals surface area contributed by atoms with E-state index in [1.54, 1.807) is 19.3 Å². The van der Waals surface area contributed by atoms with Gasteiger partial charge in [-0.3, -0.25) is 4.79 Å². The number of allylic oxidation sites excluding steroid dienone is 2. The summed E-state index contributed by atoms with van der Waals surface area (Å²) in [5.74, 6) is 1.03. The summed E-state index contributed by atoms with van der Waals surface area (Å²) in [7, 11) is 1.64. The fourth-order valence-electron chi connectivity index (χ4n) is 2.95. The summed E-state index contributed by atoms with van der Waals surface area (Å²) in [6.07, 6.45) is 2.88. The lowest BCUT2D eigenvalue weighted by Crippen LogP contribution is -2.17. The van der Waals surface area contributed by atoms with Crippen LogP contribution in [0.2, 0.25) is 0 Å². The Morgan fingerprint density at radius 3 is 2.58 bits per heavy atom. The second-order valence-corrected chi connectivity index (χ2v) is 5.80. The van der Waals surface area contributed by atoms with Gasteiger partial charge in [0.05, 0.1) is 18.4 Å². The second kappa shape index (κ2) is 7.01. The first kappa shape index (κ1) is 15.8. The topological polar surface area (TPSA) is 62.1 Å². The highest BCUT2D eigenvalue weighted by molar-refractivity contribution is 5.92. The molecule has 1 aliphatic rings. The zero-order valence-corrected chi connectivity index (χ0v) is 13.5. The third-order valence-corrected chi connectivity index (χ3v) is 4.18. The van der Waals surface area contributed by atoms with E-state index in [9.17, 15) is 10.1 Å². The van der Waals surface area contributed by atoms with E-state index in [4.69, 9.17) is 4.74 Å². The highest BCUT2D eigenvalue weighted by atomic mass is 16.5. The molecule has 120 valence electrons. The van der Waals surface area contributed by atoms with Gasteiger partial charge in [0, 0.05) is 18.2 Å². The number of hydrogen-bond donors (Lipinski definition) is 1. The van der Waals surface area contributed by atoms with Crippen LogP contribution in [0.25, 0.3) is 0 Å². The van der Waals surface area contributed by atoms with Crippen molar-refractivity contribution in [3.63, 3.8) is 0 Å². The molecule has 4 heteroatoms. The van der Waals surface area contributed by atoms with Crippen molar-refractivity contribution in [2.45, 2.75) is 18.8 Å². The highest BCUT2D eigenvalue weighted by Gasteiger charge is 2.22. The van der Waals surface area contributed by atoms with E-state index in [2.05, 4.69) is 11.4 Å². The Kier molecular flexibility index (Phi) is 4.62. The maximum atomic E-state index is 12.1. The Bertz CT molecular complexity index is 816. The molecule has 1 aliphatic carbocycles. The maximum Gasteiger partial charge on any atom is 0.158 e. The number of benzene rings is 2. The molecule has 0 spiro atoms. The first-order valence-corrected chi connectivity index (χ1v) is 7.83. The van der Waals surface area contributed by atoms with Crippen molar-refractivity contribution in [1.82, 2.24) is 0 Å². The Labute approximate surface area is 141 Å². The van der Waals surface area contributed by atoms with Crippen LogP contribution in [0.5, 0.6) is 5.75 Å². The van der Waals surface area contributed by atoms with Crippen LogP contribution < -0.4 is 10.1 Å². The van der Waals surface area contributed by atoms with Crippen molar-refractivity contribution in [2.75, 3.05) is 12.4 Å². The summed E-state index contributed by atoms with van der Waals surface area (Å²) in [5.41, 5.74) is 3.26. The fourth-order valence-corrected chi connectivity index (χ4v) is 2.95. The van der Waals surface area contributed by atoms with E-state index in [-0.39, 0.29) is 11.7 Å². The molecule has 4 nitrogen and oxygen atoms in total. The van der Waals surface area contributed by atoms with E-state index in [1.165, 1.54) is 0 Å². The van der Waals surface area contributed by atoms with Crippen LogP contribution in [0.1, 0.15) is 29.9 Å². The minimum Gasteiger partial charge on any atom is -0.497 e. The van der Waals surface area contributed by atoms with Gasteiger partial charge >= 0.3 is 0 Å². The van der Waals surface area contributed by atoms with Gasteiger partial charge in [0.1, 0.15) is 11.8 Å². The molecular weight excluding hydrogens is 300 g/mol. The molecule has 0 saturated carbocycles. The van der Waals surface area contributed by atoms with Crippen LogP contribution in [0.15, 0.2) is 60.3 Å². The third-order valence-electron chi connectivity index (χ3n) is 4.18. The zero-order chi connectivity index (χ0) is 16.9. The van der Waals surface area contributed by atoms with Gasteiger partial charge < -0.3 is 10.1 Å². The van der Waals surface area contributed by atoms with Crippen molar-refractivity contribution in [1.29, 1.82) is 5.26 Å². The van der Waals surface area contributed by atoms with Crippen LogP contribution in [0.4, 0.5) is 5.69 Å². The van der Waals surface area contributed by atoms with Crippen LogP contribution in [-0.2, 0) is 4.79 Å². The average Bonchev–Trinajstić information content (AvgIpc) is 2.62. The van der Waals surface area contributed by atoms with Crippen molar-refractivity contribution in [2.24, 2.45) is 0 Å². The molecule has 0 amide bonds. The molecule has 0 radical (unpaired) electrons. The van der Waals surface area contributed by atoms with Gasteiger partial charge in [-0.1, -0.05) is 24.3 Å². The SMILES string of the molecule is COc1ccc([C@H]2CC(=O)C=C(Nc3ccccc3C#N)C2)cc1. The summed E-state index contributed by atoms with van der Waals surface area (Å²) in [5, 5.41) is 12.4. The highest BCUT2D eigenvalue weighted by Crippen LogP contribution is 2.33. The van der Waals surface area contributed by atoms with Gasteiger partial charge in [-0.25, -0.2) is 0 Å². The van der Waals surface area contributed by atoms with Gasteiger partial charge in [-0.05, 0) is 42.2 Å². The summed E-state index contributed by atoms with van der Waals surface area (Å²) in [6.45, 7) is 0. The lowest BCUT2D eigenvalue weighted by molar-refractivity contribution is -0.115. The van der Waals surface area contributed by atoms with E-state index in [0.29, 0.717) is 12.0 Å². The predicted octanol–water partition coefficient (Wildman–Crippen LogP) is 4.01. The first-order chi connectivity index (χ1) is 11.7. The molecule has 0 aromatic heterocycles. The summed E-state index contributed by atoms with van der Waals surface area (Å²) >= 11 is 0. The molecule has 3 rings (SSSR count). The minimum atomic E-state index is 0.0963. The minimum absolute atomic E-state index is 0.0963. The number of hydrogen-bond acceptors (Lipinski definition) is 4. The smallest absolute Gasteiger partial charge is 0.158 e. The summed E-state index contributed by atoms with van der Waals surface area (Å²) in [4.78, 5) is 12.1. The first-order valence-electron chi connectivity index (χ1n) is 7.83. The number of rotatable bonds is 4. The molecule has 1 atom stereocenters. The van der Waals surface area contributed by atoms with Crippen molar-refractivity contribution >= 4 is 11.5 Å². The summed E-state index contributed by atoms with van der Waals surface area (Å²) in [6, 6.07) is 17.3. The zero-order valence-electron chi connectivity index (χ0n) is 13.5. The van der Waals surface area contributed by atoms with E-state index >= 15 is 0 Å². The quantitative estimate of drug-likeness (QED) is 0.925. The van der Waals surface area contributed by atoms with Gasteiger partial charge in [-0.15, -0.1) is 0 Å². The van der Waals surface area contributed by atoms with Gasteiger partial charge in [0.2, 0.25) is 0 Å². The van der Waals surface area contributed by atoms with Crippen LogP contribution >= 0.6 is 0 Å². The van der Waals surface area contributed by atoms with Crippen LogP contribution in [-0.4, -0.2) is 12.9 Å². The molecule has 0 heterocycles. The standard InChI is InChI=1S/C20H18N2O2/c1-24-19-8-6-14(7-9-19)16-10-17(12-18(23)11-16)22-20-5-3-2-4-15(20)13-21/h2-9,12,16,22H,10-11H2,1H3/t16-/m1/s1. The molecule has 0 aliphatic heterocycles. The van der Waals surface area contributed by atoms with Crippen molar-refractivity contribution in [3.8, 4) is 11.8 Å². The lowest BCUT2D eigenvalue weighted by Gasteiger charge is -2.24. The van der Waals surface area contributed by atoms with Gasteiger partial charge in [0.25, 0.3) is 0 Å². The summed E-state index contributed by atoms with van der Waals surface area (Å²) < 4.78 is 5.18. The molecule has 1 N–H and O–H groups in total. The molecule has 24 heavy (non-hydrogen) atoms. The van der Waals surface area contributed by atoms with E-state index in [0.717, 1.165) is 29.1 Å². The Balaban J connectivity index is 1.80. The monoisotopic (exact) mass is 318 g/mol. The number of carbonyl (C=O) groups is 1. The van der Waals surface area contributed by atoms with E-state index < -0.39 is 0 Å². The van der Waals surface area contributed by atoms with Crippen molar-refractivity contribution in [3.05, 3.63) is 71.4 Å². The number of ether oxygens (including phenoxy) is 1. The number of nitrogens with zero attached hydrogens (tertiary/aromatic N) is 1. The molecular formula is C20H18N2O2. The molecule has 2 aromatic rings. The third kappa shape index (κ3) is 3.47. The number of methoxy groups -OCH3 is 1. The number of nitriles is 1. The van der Waals surface area contributed by atoms with E-state index in [1.807, 2.05) is 42.5 Å². The Hall–Kier alpha value is -3.06. The molecule has 0 bridgehead atoms. The normalized spacial score (nSPS) is 16.9. The second-order valence-electron chi connectivity index (χ2n) is 5.80. The molecule has 0 saturated heterocycles.